The van der Waals surface area contributed by atoms with Gasteiger partial charge in [-0.3, -0.25) is 4.79 Å². The first kappa shape index (κ1) is 17.2. The third kappa shape index (κ3) is 4.42. The minimum atomic E-state index is 0.0346. The SMILES string of the molecule is Cc1ccc(C)c(COc2cccc(C(=O)CCCO)c2)c1C. The lowest BCUT2D eigenvalue weighted by atomic mass is 9.99. The van der Waals surface area contributed by atoms with Gasteiger partial charge in [-0.05, 0) is 61.6 Å². The van der Waals surface area contributed by atoms with Crippen molar-refractivity contribution in [2.75, 3.05) is 6.61 Å². The quantitative estimate of drug-likeness (QED) is 0.781. The Kier molecular flexibility index (Phi) is 5.94. The minimum Gasteiger partial charge on any atom is -0.489 e. The molecular formula is C20H24O3. The molecule has 122 valence electrons. The zero-order valence-corrected chi connectivity index (χ0v) is 14.1. The van der Waals surface area contributed by atoms with E-state index in [1.54, 1.807) is 12.1 Å². The van der Waals surface area contributed by atoms with Crippen molar-refractivity contribution in [3.63, 3.8) is 0 Å². The van der Waals surface area contributed by atoms with Gasteiger partial charge in [0.2, 0.25) is 0 Å². The molecule has 0 heterocycles. The molecule has 23 heavy (non-hydrogen) atoms. The van der Waals surface area contributed by atoms with E-state index in [-0.39, 0.29) is 12.4 Å². The van der Waals surface area contributed by atoms with Crippen LogP contribution in [0.3, 0.4) is 0 Å². The second kappa shape index (κ2) is 7.93. The van der Waals surface area contributed by atoms with E-state index in [9.17, 15) is 4.79 Å². The van der Waals surface area contributed by atoms with Crippen molar-refractivity contribution in [1.29, 1.82) is 0 Å². The van der Waals surface area contributed by atoms with Crippen LogP contribution in [0.5, 0.6) is 5.75 Å². The molecule has 0 aliphatic carbocycles. The third-order valence-electron chi connectivity index (χ3n) is 4.20. The summed E-state index contributed by atoms with van der Waals surface area (Å²) in [5, 5.41) is 8.82. The Morgan fingerprint density at radius 1 is 1.09 bits per heavy atom. The Morgan fingerprint density at radius 3 is 2.57 bits per heavy atom. The molecule has 2 aromatic rings. The highest BCUT2D eigenvalue weighted by Crippen LogP contribution is 2.21. The minimum absolute atomic E-state index is 0.0346. The van der Waals surface area contributed by atoms with Gasteiger partial charge in [0.1, 0.15) is 12.4 Å². The zero-order valence-electron chi connectivity index (χ0n) is 14.1. The van der Waals surface area contributed by atoms with Crippen molar-refractivity contribution in [1.82, 2.24) is 0 Å². The normalized spacial score (nSPS) is 10.6. The first-order chi connectivity index (χ1) is 11.0. The van der Waals surface area contributed by atoms with Gasteiger partial charge >= 0.3 is 0 Å². The maximum absolute atomic E-state index is 12.0. The number of carbonyl (C=O) groups is 1. The molecule has 0 saturated heterocycles. The van der Waals surface area contributed by atoms with Gasteiger partial charge in [0.05, 0.1) is 0 Å². The fraction of sp³-hybridized carbons (Fsp3) is 0.350. The highest BCUT2D eigenvalue weighted by atomic mass is 16.5. The lowest BCUT2D eigenvalue weighted by molar-refractivity contribution is 0.0971. The van der Waals surface area contributed by atoms with Crippen LogP contribution in [0.4, 0.5) is 0 Å². The maximum Gasteiger partial charge on any atom is 0.163 e. The number of aryl methyl sites for hydroxylation is 2. The molecule has 0 aliphatic rings. The Hall–Kier alpha value is -2.13. The number of carbonyl (C=O) groups excluding carboxylic acids is 1. The number of aliphatic hydroxyl groups excluding tert-OH is 1. The summed E-state index contributed by atoms with van der Waals surface area (Å²) in [6.45, 7) is 6.82. The first-order valence-corrected chi connectivity index (χ1v) is 7.95. The van der Waals surface area contributed by atoms with Crippen LogP contribution >= 0.6 is 0 Å². The molecule has 0 spiro atoms. The van der Waals surface area contributed by atoms with E-state index < -0.39 is 0 Å². The summed E-state index contributed by atoms with van der Waals surface area (Å²) in [4.78, 5) is 12.0. The average molecular weight is 312 g/mol. The number of benzene rings is 2. The molecular weight excluding hydrogens is 288 g/mol. The molecule has 1 N–H and O–H groups in total. The monoisotopic (exact) mass is 312 g/mol. The number of rotatable bonds is 7. The van der Waals surface area contributed by atoms with E-state index >= 15 is 0 Å². The Bertz CT molecular complexity index is 689. The van der Waals surface area contributed by atoms with Crippen LogP contribution in [0.15, 0.2) is 36.4 Å². The largest absolute Gasteiger partial charge is 0.489 e. The van der Waals surface area contributed by atoms with Gasteiger partial charge < -0.3 is 9.84 Å². The van der Waals surface area contributed by atoms with E-state index in [1.807, 2.05) is 12.1 Å². The molecule has 3 nitrogen and oxygen atoms in total. The molecule has 2 aromatic carbocycles. The summed E-state index contributed by atoms with van der Waals surface area (Å²) in [5.74, 6) is 0.729. The summed E-state index contributed by atoms with van der Waals surface area (Å²) < 4.78 is 5.90. The fourth-order valence-corrected chi connectivity index (χ4v) is 2.53. The smallest absolute Gasteiger partial charge is 0.163 e. The topological polar surface area (TPSA) is 46.5 Å². The average Bonchev–Trinajstić information content (AvgIpc) is 2.56. The number of ether oxygens (including phenoxy) is 1. The number of hydrogen-bond acceptors (Lipinski definition) is 3. The summed E-state index contributed by atoms with van der Waals surface area (Å²) in [6, 6.07) is 11.5. The highest BCUT2D eigenvalue weighted by Gasteiger charge is 2.09. The van der Waals surface area contributed by atoms with E-state index in [0.717, 1.165) is 0 Å². The molecule has 0 bridgehead atoms. The molecule has 0 saturated carbocycles. The van der Waals surface area contributed by atoms with Gasteiger partial charge in [0.15, 0.2) is 5.78 Å². The van der Waals surface area contributed by atoms with Crippen molar-refractivity contribution in [3.05, 3.63) is 64.2 Å². The lowest BCUT2D eigenvalue weighted by Gasteiger charge is -2.14. The molecule has 2 rings (SSSR count). The van der Waals surface area contributed by atoms with Crippen molar-refractivity contribution in [3.8, 4) is 5.75 Å². The van der Waals surface area contributed by atoms with E-state index in [4.69, 9.17) is 9.84 Å². The van der Waals surface area contributed by atoms with Crippen LogP contribution in [-0.4, -0.2) is 17.5 Å². The number of Topliss-reactive ketones (excluding diaryl/α,β-unsaturated/α-hetero) is 1. The van der Waals surface area contributed by atoms with Crippen LogP contribution in [0.1, 0.15) is 45.5 Å². The molecule has 0 fully saturated rings. The fourth-order valence-electron chi connectivity index (χ4n) is 2.53. The van der Waals surface area contributed by atoms with Gasteiger partial charge in [-0.25, -0.2) is 0 Å². The summed E-state index contributed by atoms with van der Waals surface area (Å²) >= 11 is 0. The van der Waals surface area contributed by atoms with Crippen molar-refractivity contribution in [2.45, 2.75) is 40.2 Å². The predicted molar refractivity (Wildman–Crippen MR) is 92.1 cm³/mol. The van der Waals surface area contributed by atoms with Gasteiger partial charge in [0.25, 0.3) is 0 Å². The van der Waals surface area contributed by atoms with Crippen molar-refractivity contribution < 1.29 is 14.6 Å². The van der Waals surface area contributed by atoms with Crippen LogP contribution in [0.25, 0.3) is 0 Å². The van der Waals surface area contributed by atoms with Crippen LogP contribution < -0.4 is 4.74 Å². The molecule has 0 radical (unpaired) electrons. The third-order valence-corrected chi connectivity index (χ3v) is 4.20. The molecule has 0 aliphatic heterocycles. The van der Waals surface area contributed by atoms with E-state index in [2.05, 4.69) is 32.9 Å². The van der Waals surface area contributed by atoms with Crippen molar-refractivity contribution in [2.24, 2.45) is 0 Å². The van der Waals surface area contributed by atoms with Crippen LogP contribution in [0, 0.1) is 20.8 Å². The second-order valence-corrected chi connectivity index (χ2v) is 5.87. The first-order valence-electron chi connectivity index (χ1n) is 7.95. The summed E-state index contributed by atoms with van der Waals surface area (Å²) in [5.41, 5.74) is 5.54. The highest BCUT2D eigenvalue weighted by molar-refractivity contribution is 5.96. The summed E-state index contributed by atoms with van der Waals surface area (Å²) in [6.07, 6.45) is 0.849. The van der Waals surface area contributed by atoms with Gasteiger partial charge in [-0.1, -0.05) is 24.3 Å². The van der Waals surface area contributed by atoms with E-state index in [1.165, 1.54) is 22.3 Å². The standard InChI is InChI=1S/C20H24O3/c1-14-9-10-15(2)19(16(14)3)13-23-18-7-4-6-17(12-18)20(22)8-5-11-21/h4,6-7,9-10,12,21H,5,8,11,13H2,1-3H3. The molecule has 0 atom stereocenters. The summed E-state index contributed by atoms with van der Waals surface area (Å²) in [7, 11) is 0. The van der Waals surface area contributed by atoms with Gasteiger partial charge in [0, 0.05) is 18.6 Å². The Labute approximate surface area is 137 Å². The molecule has 0 amide bonds. The van der Waals surface area contributed by atoms with Gasteiger partial charge in [-0.2, -0.15) is 0 Å². The lowest BCUT2D eigenvalue weighted by Crippen LogP contribution is -2.04. The molecule has 0 unspecified atom stereocenters. The zero-order chi connectivity index (χ0) is 16.8. The Balaban J connectivity index is 2.10. The second-order valence-electron chi connectivity index (χ2n) is 5.87. The maximum atomic E-state index is 12.0. The molecule has 3 heteroatoms. The van der Waals surface area contributed by atoms with Crippen LogP contribution in [-0.2, 0) is 6.61 Å². The number of ketones is 1. The molecule has 0 aromatic heterocycles. The van der Waals surface area contributed by atoms with Crippen LogP contribution in [0.2, 0.25) is 0 Å². The van der Waals surface area contributed by atoms with Crippen molar-refractivity contribution >= 4 is 5.78 Å². The predicted octanol–water partition coefficient (Wildman–Crippen LogP) is 4.15. The van der Waals surface area contributed by atoms with Gasteiger partial charge in [-0.15, -0.1) is 0 Å². The van der Waals surface area contributed by atoms with E-state index in [0.29, 0.717) is 30.8 Å². The Morgan fingerprint density at radius 2 is 1.83 bits per heavy atom. The number of hydrogen-bond donors (Lipinski definition) is 1. The number of aliphatic hydroxyl groups is 1.